The van der Waals surface area contributed by atoms with Gasteiger partial charge < -0.3 is 5.32 Å². The average Bonchev–Trinajstić information content (AvgIpc) is 2.03. The SMILES string of the molecule is CCC(C)(C)NC=C(C#N)S(C)(=O)=O. The number of hydrogen-bond donors (Lipinski definition) is 1. The lowest BCUT2D eigenvalue weighted by Gasteiger charge is -2.23. The Balaban J connectivity index is 4.78. The van der Waals surface area contributed by atoms with Gasteiger partial charge in [-0.25, -0.2) is 8.42 Å². The second-order valence-electron chi connectivity index (χ2n) is 3.77. The Hall–Kier alpha value is -1.02. The van der Waals surface area contributed by atoms with E-state index in [9.17, 15) is 8.42 Å². The topological polar surface area (TPSA) is 70.0 Å². The first-order valence-electron chi connectivity index (χ1n) is 4.31. The Kier molecular flexibility index (Phi) is 4.14. The van der Waals surface area contributed by atoms with E-state index in [4.69, 9.17) is 5.26 Å². The molecule has 0 unspecified atom stereocenters. The van der Waals surface area contributed by atoms with E-state index in [1.807, 2.05) is 20.8 Å². The van der Waals surface area contributed by atoms with Crippen LogP contribution < -0.4 is 5.32 Å². The lowest BCUT2D eigenvalue weighted by atomic mass is 10.0. The van der Waals surface area contributed by atoms with Gasteiger partial charge >= 0.3 is 0 Å². The number of hydrogen-bond acceptors (Lipinski definition) is 4. The highest BCUT2D eigenvalue weighted by Crippen LogP contribution is 2.08. The molecule has 80 valence electrons. The minimum absolute atomic E-state index is 0.202. The summed E-state index contributed by atoms with van der Waals surface area (Å²) < 4.78 is 22.1. The van der Waals surface area contributed by atoms with Crippen LogP contribution in [0.3, 0.4) is 0 Å². The zero-order valence-electron chi connectivity index (χ0n) is 8.96. The molecule has 0 aliphatic heterocycles. The molecule has 0 aromatic rings. The normalized spacial score (nSPS) is 13.5. The molecule has 5 heteroatoms. The zero-order valence-corrected chi connectivity index (χ0v) is 9.77. The third-order valence-corrected chi connectivity index (χ3v) is 3.00. The summed E-state index contributed by atoms with van der Waals surface area (Å²) in [6.07, 6.45) is 3.12. The number of nitriles is 1. The van der Waals surface area contributed by atoms with Crippen LogP contribution in [0.25, 0.3) is 0 Å². The highest BCUT2D eigenvalue weighted by molar-refractivity contribution is 7.94. The average molecular weight is 216 g/mol. The molecule has 0 saturated carbocycles. The molecule has 0 spiro atoms. The molecule has 4 nitrogen and oxygen atoms in total. The maximum atomic E-state index is 11.0. The summed E-state index contributed by atoms with van der Waals surface area (Å²) in [6, 6.07) is 1.65. The van der Waals surface area contributed by atoms with Gasteiger partial charge in [0, 0.05) is 18.0 Å². The molecular weight excluding hydrogens is 200 g/mol. The monoisotopic (exact) mass is 216 g/mol. The van der Waals surface area contributed by atoms with Crippen molar-refractivity contribution in [2.75, 3.05) is 6.26 Å². The molecule has 0 amide bonds. The zero-order chi connectivity index (χ0) is 11.4. The Morgan fingerprint density at radius 2 is 2.07 bits per heavy atom. The molecule has 0 atom stereocenters. The van der Waals surface area contributed by atoms with Gasteiger partial charge in [-0.1, -0.05) is 6.92 Å². The van der Waals surface area contributed by atoms with Gasteiger partial charge in [0.25, 0.3) is 0 Å². The first-order valence-corrected chi connectivity index (χ1v) is 6.20. The summed E-state index contributed by atoms with van der Waals surface area (Å²) in [5, 5.41) is 11.5. The van der Waals surface area contributed by atoms with Crippen molar-refractivity contribution in [2.24, 2.45) is 0 Å². The highest BCUT2D eigenvalue weighted by Gasteiger charge is 2.15. The van der Waals surface area contributed by atoms with Gasteiger partial charge in [-0.05, 0) is 20.3 Å². The summed E-state index contributed by atoms with van der Waals surface area (Å²) in [4.78, 5) is -0.237. The number of nitrogens with one attached hydrogen (secondary N) is 1. The van der Waals surface area contributed by atoms with E-state index in [-0.39, 0.29) is 10.4 Å². The van der Waals surface area contributed by atoms with Crippen molar-refractivity contribution < 1.29 is 8.42 Å². The number of allylic oxidation sites excluding steroid dienone is 1. The minimum atomic E-state index is -3.41. The van der Waals surface area contributed by atoms with Crippen molar-refractivity contribution in [3.05, 3.63) is 11.1 Å². The lowest BCUT2D eigenvalue weighted by molar-refractivity contribution is 0.428. The van der Waals surface area contributed by atoms with Gasteiger partial charge in [-0.2, -0.15) is 5.26 Å². The van der Waals surface area contributed by atoms with E-state index in [1.165, 1.54) is 6.20 Å². The van der Waals surface area contributed by atoms with Crippen LogP contribution in [0.1, 0.15) is 27.2 Å². The van der Waals surface area contributed by atoms with Crippen molar-refractivity contribution in [1.82, 2.24) is 5.32 Å². The van der Waals surface area contributed by atoms with Gasteiger partial charge in [-0.3, -0.25) is 0 Å². The number of nitrogens with zero attached hydrogens (tertiary/aromatic N) is 1. The standard InChI is InChI=1S/C9H16N2O2S/c1-5-9(2,3)11-7-8(6-10)14(4,12)13/h7,11H,5H2,1-4H3. The molecular formula is C9H16N2O2S. The van der Waals surface area contributed by atoms with Crippen LogP contribution in [-0.4, -0.2) is 20.2 Å². The summed E-state index contributed by atoms with van der Waals surface area (Å²) in [5.41, 5.74) is -0.202. The summed E-state index contributed by atoms with van der Waals surface area (Å²) in [6.45, 7) is 5.84. The summed E-state index contributed by atoms with van der Waals surface area (Å²) in [5.74, 6) is 0. The quantitative estimate of drug-likeness (QED) is 0.716. The number of sulfone groups is 1. The summed E-state index contributed by atoms with van der Waals surface area (Å²) >= 11 is 0. The van der Waals surface area contributed by atoms with Crippen LogP contribution >= 0.6 is 0 Å². The van der Waals surface area contributed by atoms with Crippen molar-refractivity contribution in [1.29, 1.82) is 5.26 Å². The van der Waals surface area contributed by atoms with Crippen LogP contribution in [-0.2, 0) is 9.84 Å². The second kappa shape index (κ2) is 4.47. The first-order chi connectivity index (χ1) is 6.23. The third kappa shape index (κ3) is 4.28. The number of rotatable bonds is 4. The fraction of sp³-hybridized carbons (Fsp3) is 0.667. The van der Waals surface area contributed by atoms with Gasteiger partial charge in [-0.15, -0.1) is 0 Å². The maximum Gasteiger partial charge on any atom is 0.186 e. The molecule has 0 aromatic carbocycles. The van der Waals surface area contributed by atoms with Crippen molar-refractivity contribution in [2.45, 2.75) is 32.7 Å². The predicted octanol–water partition coefficient (Wildman–Crippen LogP) is 1.17. The van der Waals surface area contributed by atoms with Crippen molar-refractivity contribution >= 4 is 9.84 Å². The van der Waals surface area contributed by atoms with Gasteiger partial charge in [0.2, 0.25) is 0 Å². The highest BCUT2D eigenvalue weighted by atomic mass is 32.2. The lowest BCUT2D eigenvalue weighted by Crippen LogP contribution is -2.34. The molecule has 14 heavy (non-hydrogen) atoms. The van der Waals surface area contributed by atoms with E-state index >= 15 is 0 Å². The molecule has 0 saturated heterocycles. The van der Waals surface area contributed by atoms with Gasteiger partial charge in [0.05, 0.1) is 0 Å². The minimum Gasteiger partial charge on any atom is -0.384 e. The van der Waals surface area contributed by atoms with Crippen LogP contribution in [0.2, 0.25) is 0 Å². The van der Waals surface area contributed by atoms with E-state index in [1.54, 1.807) is 6.07 Å². The van der Waals surface area contributed by atoms with Gasteiger partial charge in [0.1, 0.15) is 6.07 Å². The molecule has 0 bridgehead atoms. The Morgan fingerprint density at radius 3 is 2.36 bits per heavy atom. The first kappa shape index (κ1) is 13.0. The molecule has 0 aliphatic carbocycles. The van der Waals surface area contributed by atoms with E-state index in [2.05, 4.69) is 5.32 Å². The largest absolute Gasteiger partial charge is 0.384 e. The smallest absolute Gasteiger partial charge is 0.186 e. The molecule has 0 radical (unpaired) electrons. The maximum absolute atomic E-state index is 11.0. The molecule has 0 heterocycles. The van der Waals surface area contributed by atoms with Crippen LogP contribution in [0.5, 0.6) is 0 Å². The third-order valence-electron chi connectivity index (χ3n) is 1.99. The molecule has 0 rings (SSSR count). The fourth-order valence-corrected chi connectivity index (χ4v) is 1.02. The van der Waals surface area contributed by atoms with E-state index in [0.29, 0.717) is 0 Å². The van der Waals surface area contributed by atoms with Crippen molar-refractivity contribution in [3.63, 3.8) is 0 Å². The Morgan fingerprint density at radius 1 is 1.57 bits per heavy atom. The Labute approximate surface area is 85.5 Å². The fourth-order valence-electron chi connectivity index (χ4n) is 0.585. The Bertz CT molecular complexity index is 361. The van der Waals surface area contributed by atoms with Crippen LogP contribution in [0, 0.1) is 11.3 Å². The molecule has 0 aromatic heterocycles. The molecule has 1 N–H and O–H groups in total. The van der Waals surface area contributed by atoms with Crippen LogP contribution in [0.15, 0.2) is 11.1 Å². The molecule has 0 fully saturated rings. The van der Waals surface area contributed by atoms with E-state index in [0.717, 1.165) is 12.7 Å². The van der Waals surface area contributed by atoms with E-state index < -0.39 is 9.84 Å². The van der Waals surface area contributed by atoms with Crippen molar-refractivity contribution in [3.8, 4) is 6.07 Å². The second-order valence-corrected chi connectivity index (χ2v) is 5.76. The van der Waals surface area contributed by atoms with Crippen LogP contribution in [0.4, 0.5) is 0 Å². The predicted molar refractivity (Wildman–Crippen MR) is 56.0 cm³/mol. The van der Waals surface area contributed by atoms with Gasteiger partial charge in [0.15, 0.2) is 14.7 Å². The molecule has 0 aliphatic rings. The summed E-state index contributed by atoms with van der Waals surface area (Å²) in [7, 11) is -3.41.